The summed E-state index contributed by atoms with van der Waals surface area (Å²) in [6.07, 6.45) is 3.23. The molecule has 0 radical (unpaired) electrons. The normalized spacial score (nSPS) is 20.9. The van der Waals surface area contributed by atoms with Crippen LogP contribution in [0.15, 0.2) is 61.1 Å². The van der Waals surface area contributed by atoms with Crippen molar-refractivity contribution in [3.8, 4) is 11.1 Å². The Labute approximate surface area is 209 Å². The van der Waals surface area contributed by atoms with E-state index in [1.165, 1.54) is 12.1 Å². The number of methoxy groups -OCH3 is 1. The van der Waals surface area contributed by atoms with E-state index in [9.17, 15) is 14.0 Å². The van der Waals surface area contributed by atoms with Gasteiger partial charge >= 0.3 is 6.09 Å². The number of benzene rings is 2. The van der Waals surface area contributed by atoms with Crippen LogP contribution in [0.5, 0.6) is 0 Å². The van der Waals surface area contributed by atoms with Gasteiger partial charge in [-0.25, -0.2) is 14.2 Å². The molecule has 0 saturated carbocycles. The lowest BCUT2D eigenvalue weighted by atomic mass is 9.95. The van der Waals surface area contributed by atoms with Gasteiger partial charge < -0.3 is 18.9 Å². The number of aromatic nitrogens is 2. The van der Waals surface area contributed by atoms with Crippen LogP contribution in [0.3, 0.4) is 0 Å². The van der Waals surface area contributed by atoms with E-state index >= 15 is 0 Å². The molecule has 2 aliphatic rings. The second-order valence-electron chi connectivity index (χ2n) is 9.15. The van der Waals surface area contributed by atoms with E-state index in [0.29, 0.717) is 38.4 Å². The van der Waals surface area contributed by atoms with Crippen LogP contribution < -0.4 is 0 Å². The Bertz CT molecular complexity index is 1240. The quantitative estimate of drug-likeness (QED) is 0.520. The van der Waals surface area contributed by atoms with Crippen molar-refractivity contribution < 1.29 is 23.5 Å². The van der Waals surface area contributed by atoms with E-state index in [4.69, 9.17) is 9.47 Å². The molecule has 0 spiro atoms. The average molecular weight is 493 g/mol. The van der Waals surface area contributed by atoms with Crippen molar-refractivity contribution in [1.29, 1.82) is 0 Å². The van der Waals surface area contributed by atoms with Gasteiger partial charge in [0.05, 0.1) is 37.3 Å². The molecule has 2 amide bonds. The summed E-state index contributed by atoms with van der Waals surface area (Å²) in [5.41, 5.74) is 3.34. The molecule has 5 rings (SSSR count). The van der Waals surface area contributed by atoms with Crippen molar-refractivity contribution in [1.82, 2.24) is 19.4 Å². The minimum absolute atomic E-state index is 0.125. The van der Waals surface area contributed by atoms with Gasteiger partial charge in [-0.05, 0) is 42.2 Å². The lowest BCUT2D eigenvalue weighted by Gasteiger charge is -2.40. The largest absolute Gasteiger partial charge is 0.448 e. The zero-order valence-corrected chi connectivity index (χ0v) is 20.3. The van der Waals surface area contributed by atoms with E-state index in [1.807, 2.05) is 35.8 Å². The summed E-state index contributed by atoms with van der Waals surface area (Å²) in [6.45, 7) is 3.80. The first-order valence-corrected chi connectivity index (χ1v) is 12.1. The number of piperidine rings is 1. The molecule has 188 valence electrons. The zero-order chi connectivity index (χ0) is 25.2. The molecule has 3 aromatic rings. The number of amides is 2. The highest BCUT2D eigenvalue weighted by Crippen LogP contribution is 2.32. The third-order valence-corrected chi connectivity index (χ3v) is 7.18. The molecule has 3 heterocycles. The summed E-state index contributed by atoms with van der Waals surface area (Å²) >= 11 is 0. The Morgan fingerprint density at radius 1 is 1.17 bits per heavy atom. The molecular formula is C27H29FN4O4. The molecule has 9 heteroatoms. The van der Waals surface area contributed by atoms with E-state index in [1.54, 1.807) is 41.6 Å². The van der Waals surface area contributed by atoms with Crippen LogP contribution in [0, 0.1) is 5.82 Å². The fourth-order valence-corrected chi connectivity index (χ4v) is 5.23. The fourth-order valence-electron chi connectivity index (χ4n) is 5.23. The van der Waals surface area contributed by atoms with Gasteiger partial charge in [0.1, 0.15) is 18.1 Å². The second-order valence-corrected chi connectivity index (χ2v) is 9.15. The van der Waals surface area contributed by atoms with E-state index < -0.39 is 0 Å². The van der Waals surface area contributed by atoms with Gasteiger partial charge in [-0.15, -0.1) is 0 Å². The van der Waals surface area contributed by atoms with Gasteiger partial charge in [0.25, 0.3) is 5.91 Å². The average Bonchev–Trinajstić information content (AvgIpc) is 3.57. The zero-order valence-electron chi connectivity index (χ0n) is 20.3. The van der Waals surface area contributed by atoms with Crippen molar-refractivity contribution in [3.63, 3.8) is 0 Å². The number of ether oxygens (including phenoxy) is 2. The van der Waals surface area contributed by atoms with Gasteiger partial charge in [0.15, 0.2) is 0 Å². The highest BCUT2D eigenvalue weighted by atomic mass is 19.1. The molecule has 0 N–H and O–H groups in total. The first kappa shape index (κ1) is 24.0. The molecule has 1 unspecified atom stereocenters. The third kappa shape index (κ3) is 4.46. The molecule has 2 saturated heterocycles. The van der Waals surface area contributed by atoms with Gasteiger partial charge in [0.2, 0.25) is 0 Å². The summed E-state index contributed by atoms with van der Waals surface area (Å²) in [7, 11) is 1.60. The molecule has 0 bridgehead atoms. The molecule has 3 atom stereocenters. The number of cyclic esters (lactones) is 1. The summed E-state index contributed by atoms with van der Waals surface area (Å²) in [4.78, 5) is 33.5. The van der Waals surface area contributed by atoms with E-state index in [-0.39, 0.29) is 36.0 Å². The number of halogens is 1. The van der Waals surface area contributed by atoms with Gasteiger partial charge in [0, 0.05) is 20.2 Å². The summed E-state index contributed by atoms with van der Waals surface area (Å²) in [5.74, 6) is -0.422. The number of rotatable bonds is 6. The van der Waals surface area contributed by atoms with E-state index in [2.05, 4.69) is 4.98 Å². The first-order valence-electron chi connectivity index (χ1n) is 12.1. The van der Waals surface area contributed by atoms with Crippen molar-refractivity contribution >= 4 is 12.0 Å². The smallest absolute Gasteiger partial charge is 0.410 e. The molecule has 36 heavy (non-hydrogen) atoms. The number of hydrogen-bond donors (Lipinski definition) is 0. The van der Waals surface area contributed by atoms with Crippen molar-refractivity contribution in [2.45, 2.75) is 31.5 Å². The van der Waals surface area contributed by atoms with Gasteiger partial charge in [-0.1, -0.05) is 36.4 Å². The highest BCUT2D eigenvalue weighted by Gasteiger charge is 2.40. The Morgan fingerprint density at radius 2 is 1.94 bits per heavy atom. The maximum Gasteiger partial charge on any atom is 0.410 e. The number of carbonyl (C=O) groups is 2. The van der Waals surface area contributed by atoms with Gasteiger partial charge in [-0.3, -0.25) is 9.69 Å². The van der Waals surface area contributed by atoms with Crippen LogP contribution in [0.1, 0.15) is 35.4 Å². The SMILES string of the molecule is CO[C@H]1CN(C(=O)c2cncn2[C@@H](C)c2ccccc2-c2ccc(F)cc2)CCC1N1CCOC1=O. The third-order valence-electron chi connectivity index (χ3n) is 7.18. The Kier molecular flexibility index (Phi) is 6.73. The molecule has 8 nitrogen and oxygen atoms in total. The van der Waals surface area contributed by atoms with Crippen LogP contribution in [-0.4, -0.2) is 76.8 Å². The molecule has 2 aromatic carbocycles. The van der Waals surface area contributed by atoms with Crippen LogP contribution in [0.4, 0.5) is 9.18 Å². The van der Waals surface area contributed by atoms with Gasteiger partial charge in [-0.2, -0.15) is 0 Å². The monoisotopic (exact) mass is 492 g/mol. The maximum absolute atomic E-state index is 13.6. The minimum atomic E-state index is -0.325. The molecular weight excluding hydrogens is 463 g/mol. The van der Waals surface area contributed by atoms with Crippen LogP contribution >= 0.6 is 0 Å². The molecule has 1 aromatic heterocycles. The Morgan fingerprint density at radius 3 is 2.67 bits per heavy atom. The molecule has 0 aliphatic carbocycles. The van der Waals surface area contributed by atoms with Crippen molar-refractivity contribution in [2.24, 2.45) is 0 Å². The van der Waals surface area contributed by atoms with Crippen molar-refractivity contribution in [3.05, 3.63) is 78.1 Å². The second kappa shape index (κ2) is 10.1. The Balaban J connectivity index is 1.38. The predicted octanol–water partition coefficient (Wildman–Crippen LogP) is 3.98. The lowest BCUT2D eigenvalue weighted by molar-refractivity contribution is -0.0183. The Hall–Kier alpha value is -3.72. The lowest BCUT2D eigenvalue weighted by Crippen LogP contribution is -2.56. The predicted molar refractivity (Wildman–Crippen MR) is 131 cm³/mol. The highest BCUT2D eigenvalue weighted by molar-refractivity contribution is 5.92. The summed E-state index contributed by atoms with van der Waals surface area (Å²) < 4.78 is 26.2. The van der Waals surface area contributed by atoms with Crippen LogP contribution in [-0.2, 0) is 9.47 Å². The van der Waals surface area contributed by atoms with Crippen LogP contribution in [0.2, 0.25) is 0 Å². The standard InChI is InChI=1S/C27H29FN4O4/c1-18(21-5-3-4-6-22(21)19-7-9-20(28)10-8-19)32-17-29-15-24(32)26(33)30-12-11-23(25(16-30)35-2)31-13-14-36-27(31)34/h3-10,15,17-18,23,25H,11-14,16H2,1-2H3/t18-,23?,25-/m0/s1. The van der Waals surface area contributed by atoms with E-state index in [0.717, 1.165) is 16.7 Å². The summed E-state index contributed by atoms with van der Waals surface area (Å²) in [6, 6.07) is 14.0. The first-order chi connectivity index (χ1) is 17.5. The fraction of sp³-hybridized carbons (Fsp3) is 0.370. The number of hydrogen-bond acceptors (Lipinski definition) is 5. The number of nitrogens with zero attached hydrogens (tertiary/aromatic N) is 4. The molecule has 2 aliphatic heterocycles. The van der Waals surface area contributed by atoms with Crippen molar-refractivity contribution in [2.75, 3.05) is 33.4 Å². The maximum atomic E-state index is 13.6. The topological polar surface area (TPSA) is 76.9 Å². The number of carbonyl (C=O) groups excluding carboxylic acids is 2. The number of imidazole rings is 1. The molecule has 2 fully saturated rings. The minimum Gasteiger partial charge on any atom is -0.448 e. The van der Waals surface area contributed by atoms with Crippen LogP contribution in [0.25, 0.3) is 11.1 Å². The number of likely N-dealkylation sites (tertiary alicyclic amines) is 1. The summed E-state index contributed by atoms with van der Waals surface area (Å²) in [5, 5.41) is 0.